The number of aliphatic hydroxyl groups excluding tert-OH is 3. The Hall–Kier alpha value is -2.65. The second kappa shape index (κ2) is 23.3. The quantitative estimate of drug-likeness (QED) is 0.237. The zero-order chi connectivity index (χ0) is 48.8. The van der Waals surface area contributed by atoms with Crippen LogP contribution in [-0.4, -0.2) is 180 Å². The fourth-order valence-electron chi connectivity index (χ4n) is 10.2. The number of benzene rings is 1. The number of cyclic esters (lactones) is 1. The summed E-state index contributed by atoms with van der Waals surface area (Å²) in [5.74, 6) is -2.17. The first-order valence-electron chi connectivity index (χ1n) is 23.9. The van der Waals surface area contributed by atoms with E-state index in [2.05, 4.69) is 36.3 Å². The van der Waals surface area contributed by atoms with Crippen LogP contribution in [0.3, 0.4) is 0 Å². The van der Waals surface area contributed by atoms with Gasteiger partial charge in [0, 0.05) is 45.7 Å². The van der Waals surface area contributed by atoms with Gasteiger partial charge in [-0.25, -0.2) is 4.68 Å². The van der Waals surface area contributed by atoms with Crippen LogP contribution in [0.2, 0.25) is 0 Å². The van der Waals surface area contributed by atoms with E-state index in [1.54, 1.807) is 32.7 Å². The van der Waals surface area contributed by atoms with E-state index >= 15 is 0 Å². The van der Waals surface area contributed by atoms with Crippen molar-refractivity contribution in [2.24, 2.45) is 23.7 Å². The first-order chi connectivity index (χ1) is 31.0. The number of likely N-dealkylation sites (N-methyl/N-ethyl adjacent to an activating group) is 2. The molecule has 66 heavy (non-hydrogen) atoms. The Morgan fingerprint density at radius 1 is 0.894 bits per heavy atom. The molecule has 376 valence electrons. The molecule has 17 nitrogen and oxygen atoms in total. The van der Waals surface area contributed by atoms with E-state index in [1.807, 2.05) is 90.8 Å². The standard InChI is InChI=1S/C49H83N5O12/c1-28(2)35-16-18-37(19-17-35)54-24-36(50-51-54)26-61-27-38-25-53(13)23-30(4)41(55)29(3)21-49(10,60-15)45(66-47-42(56)39(52(11)12)20-31(5)62-47)32(6)43(33(7)46(58)64-38)65-40-22-48(9,59-14)44(57)34(8)63-40/h16-19,24,28-34,38-45,47,55-57H,20-23,25-27H2,1-15H3/t29-,30-,31-,32+,33-,34+,38-,39+,40+,41+,42-,43+,44+,45-,47+,48-,49-/m1/s1. The molecule has 0 unspecified atom stereocenters. The van der Waals surface area contributed by atoms with Crippen LogP contribution in [0.25, 0.3) is 5.69 Å². The highest BCUT2D eigenvalue weighted by atomic mass is 16.7. The van der Waals surface area contributed by atoms with E-state index in [0.717, 1.165) is 5.69 Å². The van der Waals surface area contributed by atoms with Crippen LogP contribution in [0.1, 0.15) is 106 Å². The average molecular weight is 934 g/mol. The SMILES string of the molecule is CO[C@]1(C)C[C@@H](C)[C@H](O)[C@H](C)CN(C)C[C@H](COCc2cn(-c3ccc(C(C)C)cc3)nn2)OC(=O)[C@H](C)[C@@H](O[C@H]2C[C@@](C)(OC)[C@@H](O)[C@H](C)O2)[C@H](C)[C@H]1O[C@@H]1O[C@H](C)C[C@H](N(C)C)[C@H]1O. The summed E-state index contributed by atoms with van der Waals surface area (Å²) < 4.78 is 53.2. The molecule has 1 aromatic heterocycles. The van der Waals surface area contributed by atoms with E-state index in [1.165, 1.54) is 5.56 Å². The summed E-state index contributed by atoms with van der Waals surface area (Å²) in [7, 11) is 8.92. The summed E-state index contributed by atoms with van der Waals surface area (Å²) in [5.41, 5.74) is 0.604. The lowest BCUT2D eigenvalue weighted by molar-refractivity contribution is -0.319. The van der Waals surface area contributed by atoms with Crippen molar-refractivity contribution in [1.82, 2.24) is 24.8 Å². The number of aliphatic hydroxyl groups is 3. The van der Waals surface area contributed by atoms with Gasteiger partial charge in [-0.15, -0.1) is 5.10 Å². The van der Waals surface area contributed by atoms with Gasteiger partial charge in [0.15, 0.2) is 12.6 Å². The molecular weight excluding hydrogens is 851 g/mol. The smallest absolute Gasteiger partial charge is 0.311 e. The topological polar surface area (TPSA) is 189 Å². The molecule has 0 bridgehead atoms. The number of hydrogen-bond donors (Lipinski definition) is 3. The Kier molecular flexibility index (Phi) is 19.2. The van der Waals surface area contributed by atoms with Crippen molar-refractivity contribution in [3.05, 3.63) is 41.7 Å². The summed E-state index contributed by atoms with van der Waals surface area (Å²) in [6.45, 7) is 20.4. The van der Waals surface area contributed by atoms with E-state index in [-0.39, 0.29) is 43.6 Å². The second-order valence-corrected chi connectivity index (χ2v) is 20.7. The molecule has 1 aromatic carbocycles. The van der Waals surface area contributed by atoms with Gasteiger partial charge in [-0.3, -0.25) is 4.79 Å². The minimum absolute atomic E-state index is 0.0517. The predicted octanol–water partition coefficient (Wildman–Crippen LogP) is 4.56. The molecule has 3 aliphatic rings. The minimum atomic E-state index is -1.11. The summed E-state index contributed by atoms with van der Waals surface area (Å²) in [5, 5.41) is 43.5. The maximum Gasteiger partial charge on any atom is 0.311 e. The van der Waals surface area contributed by atoms with Crippen LogP contribution in [0.5, 0.6) is 0 Å². The molecule has 0 saturated carbocycles. The van der Waals surface area contributed by atoms with Crippen molar-refractivity contribution in [1.29, 1.82) is 0 Å². The molecule has 4 heterocycles. The van der Waals surface area contributed by atoms with Crippen molar-refractivity contribution in [2.75, 3.05) is 55.1 Å². The molecule has 0 radical (unpaired) electrons. The van der Waals surface area contributed by atoms with Crippen molar-refractivity contribution in [2.45, 2.75) is 180 Å². The zero-order valence-electron chi connectivity index (χ0n) is 42.3. The molecule has 3 aliphatic heterocycles. The van der Waals surface area contributed by atoms with Gasteiger partial charge in [-0.05, 0) is 104 Å². The second-order valence-electron chi connectivity index (χ2n) is 20.7. The first-order valence-corrected chi connectivity index (χ1v) is 23.9. The van der Waals surface area contributed by atoms with Crippen molar-refractivity contribution in [3.63, 3.8) is 0 Å². The molecule has 3 fully saturated rings. The van der Waals surface area contributed by atoms with Gasteiger partial charge in [0.2, 0.25) is 0 Å². The summed E-state index contributed by atoms with van der Waals surface area (Å²) in [4.78, 5) is 18.8. The Morgan fingerprint density at radius 2 is 1.56 bits per heavy atom. The third kappa shape index (κ3) is 13.2. The molecule has 17 atom stereocenters. The van der Waals surface area contributed by atoms with Crippen molar-refractivity contribution >= 4 is 5.97 Å². The number of carbonyl (C=O) groups is 1. The van der Waals surface area contributed by atoms with Gasteiger partial charge < -0.3 is 63.0 Å². The van der Waals surface area contributed by atoms with E-state index < -0.39 is 84.3 Å². The molecule has 0 amide bonds. The lowest BCUT2D eigenvalue weighted by Crippen LogP contribution is -2.61. The maximum absolute atomic E-state index is 14.7. The molecule has 3 N–H and O–H groups in total. The van der Waals surface area contributed by atoms with Gasteiger partial charge in [0.1, 0.15) is 24.0 Å². The van der Waals surface area contributed by atoms with Crippen LogP contribution in [0.15, 0.2) is 30.5 Å². The fraction of sp³-hybridized carbons (Fsp3) is 0.816. The van der Waals surface area contributed by atoms with Crippen molar-refractivity contribution in [3.8, 4) is 5.69 Å². The molecule has 2 aromatic rings. The molecule has 5 rings (SSSR count). The van der Waals surface area contributed by atoms with Gasteiger partial charge in [-0.1, -0.05) is 52.0 Å². The average Bonchev–Trinajstić information content (AvgIpc) is 3.75. The Labute approximate surface area is 393 Å². The van der Waals surface area contributed by atoms with Gasteiger partial charge in [0.05, 0.1) is 72.7 Å². The van der Waals surface area contributed by atoms with Gasteiger partial charge in [-0.2, -0.15) is 0 Å². The summed E-state index contributed by atoms with van der Waals surface area (Å²) >= 11 is 0. The van der Waals surface area contributed by atoms with Crippen LogP contribution in [0, 0.1) is 23.7 Å². The highest BCUT2D eigenvalue weighted by Crippen LogP contribution is 2.41. The number of methoxy groups -OCH3 is 2. The summed E-state index contributed by atoms with van der Waals surface area (Å²) in [6.07, 6.45) is -5.19. The van der Waals surface area contributed by atoms with Crippen LogP contribution < -0.4 is 0 Å². The third-order valence-electron chi connectivity index (χ3n) is 14.5. The van der Waals surface area contributed by atoms with Gasteiger partial charge in [0.25, 0.3) is 0 Å². The zero-order valence-corrected chi connectivity index (χ0v) is 42.3. The minimum Gasteiger partial charge on any atom is -0.458 e. The molecule has 17 heteroatoms. The predicted molar refractivity (Wildman–Crippen MR) is 248 cm³/mol. The van der Waals surface area contributed by atoms with E-state index in [9.17, 15) is 20.1 Å². The number of carbonyl (C=O) groups excluding carboxylic acids is 1. The van der Waals surface area contributed by atoms with E-state index in [0.29, 0.717) is 37.5 Å². The normalized spacial score (nSPS) is 39.4. The highest BCUT2D eigenvalue weighted by molar-refractivity contribution is 5.73. The third-order valence-corrected chi connectivity index (χ3v) is 14.5. The fourth-order valence-corrected chi connectivity index (χ4v) is 10.2. The van der Waals surface area contributed by atoms with Crippen LogP contribution in [0.4, 0.5) is 0 Å². The van der Waals surface area contributed by atoms with Crippen molar-refractivity contribution < 1.29 is 58.0 Å². The number of nitrogens with zero attached hydrogens (tertiary/aromatic N) is 5. The molecule has 0 spiro atoms. The lowest BCUT2D eigenvalue weighted by atomic mass is 9.75. The number of ether oxygens (including phenoxy) is 8. The Morgan fingerprint density at radius 3 is 2.18 bits per heavy atom. The number of aromatic nitrogens is 3. The Balaban J connectivity index is 1.49. The maximum atomic E-state index is 14.7. The first kappa shape index (κ1) is 54.3. The monoisotopic (exact) mass is 934 g/mol. The number of hydrogen-bond acceptors (Lipinski definition) is 16. The summed E-state index contributed by atoms with van der Waals surface area (Å²) in [6, 6.07) is 7.93. The lowest BCUT2D eigenvalue weighted by Gasteiger charge is -2.49. The largest absolute Gasteiger partial charge is 0.458 e. The van der Waals surface area contributed by atoms with E-state index in [4.69, 9.17) is 37.9 Å². The molecular formula is C49H83N5O12. The van der Waals surface area contributed by atoms with Crippen LogP contribution in [-0.2, 0) is 49.3 Å². The number of esters is 1. The van der Waals surface area contributed by atoms with Gasteiger partial charge >= 0.3 is 5.97 Å². The van der Waals surface area contributed by atoms with Crippen LogP contribution >= 0.6 is 0 Å². The number of rotatable bonds is 13. The Bertz CT molecular complexity index is 1800. The highest BCUT2D eigenvalue weighted by Gasteiger charge is 2.52. The molecule has 0 aliphatic carbocycles. The molecule has 3 saturated heterocycles.